The van der Waals surface area contributed by atoms with Crippen molar-refractivity contribution >= 4 is 50.9 Å². The average molecular weight is 575 g/mol. The van der Waals surface area contributed by atoms with Crippen LogP contribution < -0.4 is 21.1 Å². The molecule has 210 valence electrons. The van der Waals surface area contributed by atoms with Crippen LogP contribution in [0.2, 0.25) is 0 Å². The Hall–Kier alpha value is -2.61. The fourth-order valence-corrected chi connectivity index (χ4v) is 5.45. The summed E-state index contributed by atoms with van der Waals surface area (Å²) in [4.78, 5) is 37.1. The van der Waals surface area contributed by atoms with Crippen LogP contribution in [0, 0.1) is 0 Å². The van der Waals surface area contributed by atoms with Crippen molar-refractivity contribution < 1.29 is 37.1 Å². The summed E-state index contributed by atoms with van der Waals surface area (Å²) in [6.45, 7) is -0.0274. The van der Waals surface area contributed by atoms with Gasteiger partial charge in [-0.3, -0.25) is 18.3 Å². The molecule has 0 spiro atoms. The Morgan fingerprint density at radius 1 is 1.34 bits per heavy atom. The zero-order chi connectivity index (χ0) is 27.4. The van der Waals surface area contributed by atoms with Crippen molar-refractivity contribution in [2.45, 2.75) is 55.9 Å². The second-order valence-electron chi connectivity index (χ2n) is 8.83. The molecule has 2 aromatic heterocycles. The van der Waals surface area contributed by atoms with Gasteiger partial charge < -0.3 is 31.3 Å². The van der Waals surface area contributed by atoms with E-state index in [1.165, 1.54) is 29.0 Å². The minimum Gasteiger partial charge on any atom is -0.387 e. The fourth-order valence-electron chi connectivity index (χ4n) is 4.22. The number of nitrogen functional groups attached to an aromatic ring is 1. The molecule has 0 aromatic carbocycles. The molecule has 2 aliphatic heterocycles. The topological polar surface area (TPSA) is 233 Å². The van der Waals surface area contributed by atoms with E-state index in [1.54, 1.807) is 4.72 Å². The molecule has 0 unspecified atom stereocenters. The van der Waals surface area contributed by atoms with Crippen LogP contribution in [0.4, 0.5) is 5.82 Å². The summed E-state index contributed by atoms with van der Waals surface area (Å²) in [7, 11) is -4.65. The summed E-state index contributed by atoms with van der Waals surface area (Å²) >= 11 is 1.44. The van der Waals surface area contributed by atoms with Crippen molar-refractivity contribution in [3.05, 3.63) is 12.7 Å². The van der Waals surface area contributed by atoms with E-state index < -0.39 is 59.4 Å². The number of nitrogens with one attached hydrogen (secondary N) is 3. The Labute approximate surface area is 222 Å². The second-order valence-corrected chi connectivity index (χ2v) is 11.2. The van der Waals surface area contributed by atoms with E-state index in [0.717, 1.165) is 6.42 Å². The first-order valence-corrected chi connectivity index (χ1v) is 14.6. The normalized spacial score (nSPS) is 26.4. The zero-order valence-corrected chi connectivity index (χ0v) is 22.0. The van der Waals surface area contributed by atoms with Gasteiger partial charge in [0.05, 0.1) is 19.0 Å². The van der Waals surface area contributed by atoms with Crippen molar-refractivity contribution in [2.24, 2.45) is 0 Å². The quantitative estimate of drug-likeness (QED) is 0.161. The van der Waals surface area contributed by atoms with Crippen LogP contribution in [-0.4, -0.2) is 106 Å². The molecule has 18 heteroatoms. The number of ether oxygens (including phenoxy) is 1. The predicted octanol–water partition coefficient (Wildman–Crippen LogP) is -2.60. The minimum atomic E-state index is -4.65. The number of fused-ring (bicyclic) bond motifs is 1. The Morgan fingerprint density at radius 3 is 2.84 bits per heavy atom. The molecule has 6 atom stereocenters. The van der Waals surface area contributed by atoms with E-state index in [4.69, 9.17) is 14.7 Å². The summed E-state index contributed by atoms with van der Waals surface area (Å²) in [5, 5.41) is 26.6. The van der Waals surface area contributed by atoms with E-state index in [-0.39, 0.29) is 29.3 Å². The Balaban J connectivity index is 1.36. The van der Waals surface area contributed by atoms with Gasteiger partial charge in [-0.1, -0.05) is 0 Å². The monoisotopic (exact) mass is 574 g/mol. The molecule has 2 saturated heterocycles. The molecular weight excluding hydrogens is 544 g/mol. The highest BCUT2D eigenvalue weighted by Crippen LogP contribution is 2.32. The third-order valence-electron chi connectivity index (χ3n) is 6.23. The Morgan fingerprint density at radius 2 is 2.13 bits per heavy atom. The number of nitrogens with zero attached hydrogens (tertiary/aromatic N) is 4. The molecule has 2 fully saturated rings. The van der Waals surface area contributed by atoms with Crippen LogP contribution in [0.5, 0.6) is 0 Å². The molecule has 7 N–H and O–H groups in total. The number of hydrogen-bond donors (Lipinski definition) is 6. The lowest BCUT2D eigenvalue weighted by Gasteiger charge is -2.20. The first kappa shape index (κ1) is 28.4. The number of aliphatic hydroxyl groups is 2. The van der Waals surface area contributed by atoms with Gasteiger partial charge in [0.2, 0.25) is 5.91 Å². The largest absolute Gasteiger partial charge is 0.387 e. The molecule has 0 saturated carbocycles. The van der Waals surface area contributed by atoms with Crippen molar-refractivity contribution in [2.75, 3.05) is 30.9 Å². The molecule has 4 heterocycles. The number of amides is 2. The number of nitrogens with two attached hydrogens (primary N) is 1. The van der Waals surface area contributed by atoms with Crippen LogP contribution in [0.1, 0.15) is 25.5 Å². The number of hydrogen-bond acceptors (Lipinski definition) is 14. The van der Waals surface area contributed by atoms with Gasteiger partial charge in [0, 0.05) is 0 Å². The zero-order valence-electron chi connectivity index (χ0n) is 20.4. The molecule has 38 heavy (non-hydrogen) atoms. The van der Waals surface area contributed by atoms with Crippen molar-refractivity contribution in [1.29, 1.82) is 0 Å². The van der Waals surface area contributed by atoms with Gasteiger partial charge >= 0.3 is 10.3 Å². The highest BCUT2D eigenvalue weighted by molar-refractivity contribution is 7.98. The van der Waals surface area contributed by atoms with Crippen molar-refractivity contribution in [3.8, 4) is 0 Å². The number of carbonyl (C=O) groups excluding carboxylic acids is 2. The van der Waals surface area contributed by atoms with Crippen LogP contribution in [0.25, 0.3) is 11.2 Å². The lowest BCUT2D eigenvalue weighted by molar-refractivity contribution is -0.129. The first-order chi connectivity index (χ1) is 18.1. The van der Waals surface area contributed by atoms with Gasteiger partial charge in [-0.2, -0.15) is 20.2 Å². The summed E-state index contributed by atoms with van der Waals surface area (Å²) < 4.78 is 38.6. The second kappa shape index (κ2) is 12.1. The maximum Gasteiger partial charge on any atom is 0.362 e. The number of imidazole rings is 1. The summed E-state index contributed by atoms with van der Waals surface area (Å²) in [5.41, 5.74) is 6.27. The third kappa shape index (κ3) is 6.33. The van der Waals surface area contributed by atoms with Gasteiger partial charge in [-0.25, -0.2) is 19.7 Å². The number of carbonyl (C=O) groups is 2. The standard InChI is InChI=1S/C20H30N8O8S2/c1-37-6-4-11(26-18(31)10-3-2-5-22-10)19(32)27-38(33,34)35-7-12-14(29)15(30)20(36-12)28-9-25-13-16(21)23-8-24-17(13)28/h8-12,14-15,20,22,29-30H,2-7H2,1H3,(H,26,31)(H,27,32)(H2,21,23,24)/t10-,11-,12+,14+,15+,20+/m0/s1. The summed E-state index contributed by atoms with van der Waals surface area (Å²) in [6, 6.07) is -1.54. The molecule has 0 aliphatic carbocycles. The van der Waals surface area contributed by atoms with Gasteiger partial charge in [0.15, 0.2) is 17.7 Å². The lowest BCUT2D eigenvalue weighted by atomic mass is 10.1. The SMILES string of the molecule is CSCC[C@H](NC(=O)[C@@H]1CCCN1)C(=O)NS(=O)(=O)OC[C@H]1O[C@@H](n2cnc3c(N)ncnc32)[C@H](O)[C@@H]1O. The number of anilines is 1. The maximum atomic E-state index is 12.7. The van der Waals surface area contributed by atoms with Crippen molar-refractivity contribution in [3.63, 3.8) is 0 Å². The Bertz CT molecular complexity index is 1250. The van der Waals surface area contributed by atoms with E-state index in [1.807, 2.05) is 6.26 Å². The summed E-state index contributed by atoms with van der Waals surface area (Å²) in [5.74, 6) is -0.741. The smallest absolute Gasteiger partial charge is 0.362 e. The van der Waals surface area contributed by atoms with Gasteiger partial charge in [-0.15, -0.1) is 0 Å². The maximum absolute atomic E-state index is 12.7. The molecule has 2 amide bonds. The van der Waals surface area contributed by atoms with Crippen LogP contribution >= 0.6 is 11.8 Å². The molecule has 16 nitrogen and oxygen atoms in total. The van der Waals surface area contributed by atoms with E-state index in [0.29, 0.717) is 18.7 Å². The van der Waals surface area contributed by atoms with Crippen LogP contribution in [-0.2, 0) is 28.8 Å². The highest BCUT2D eigenvalue weighted by atomic mass is 32.2. The number of rotatable bonds is 11. The molecule has 2 aromatic rings. The molecule has 0 radical (unpaired) electrons. The molecule has 4 rings (SSSR count). The number of aromatic nitrogens is 4. The van der Waals surface area contributed by atoms with E-state index >= 15 is 0 Å². The van der Waals surface area contributed by atoms with Crippen molar-refractivity contribution in [1.82, 2.24) is 34.9 Å². The summed E-state index contributed by atoms with van der Waals surface area (Å²) in [6.07, 6.45) is 0.485. The van der Waals surface area contributed by atoms with Gasteiger partial charge in [0.1, 0.15) is 36.2 Å². The van der Waals surface area contributed by atoms with E-state index in [2.05, 4.69) is 25.6 Å². The van der Waals surface area contributed by atoms with Crippen LogP contribution in [0.15, 0.2) is 12.7 Å². The Kier molecular flexibility index (Phi) is 9.01. The van der Waals surface area contributed by atoms with E-state index in [9.17, 15) is 28.2 Å². The predicted molar refractivity (Wildman–Crippen MR) is 135 cm³/mol. The average Bonchev–Trinajstić information content (AvgIpc) is 3.62. The number of thioether (sulfide) groups is 1. The minimum absolute atomic E-state index is 0.107. The lowest BCUT2D eigenvalue weighted by Crippen LogP contribution is -2.53. The molecular formula is C20H30N8O8S2. The first-order valence-electron chi connectivity index (χ1n) is 11.8. The molecule has 2 aliphatic rings. The third-order valence-corrected chi connectivity index (χ3v) is 7.77. The van der Waals surface area contributed by atoms with Crippen LogP contribution in [0.3, 0.4) is 0 Å². The van der Waals surface area contributed by atoms with Gasteiger partial charge in [0.25, 0.3) is 5.91 Å². The fraction of sp³-hybridized carbons (Fsp3) is 0.650. The highest BCUT2D eigenvalue weighted by Gasteiger charge is 2.45. The van der Waals surface area contributed by atoms with Gasteiger partial charge in [-0.05, 0) is 37.8 Å². The molecule has 0 bridgehead atoms. The number of aliphatic hydroxyl groups excluding tert-OH is 2.